The summed E-state index contributed by atoms with van der Waals surface area (Å²) in [6.45, 7) is 4.14. The zero-order valence-electron chi connectivity index (χ0n) is 11.5. The Hall–Kier alpha value is -1.14. The molecule has 6 heteroatoms. The molecule has 0 aromatic carbocycles. The molecule has 1 aromatic rings. The standard InChI is InChI=1S/C14H19BrN2O3/c1-2-19-12-4-3-5-17(9-12)14(18)10-20-13-6-11(15)7-16-8-13/h6-8,12H,2-5,9-10H2,1H3/t12-/m0/s1. The lowest BCUT2D eigenvalue weighted by Crippen LogP contribution is -2.45. The molecule has 1 aliphatic rings. The number of hydrogen-bond acceptors (Lipinski definition) is 4. The highest BCUT2D eigenvalue weighted by molar-refractivity contribution is 9.10. The maximum atomic E-state index is 12.1. The van der Waals surface area contributed by atoms with Crippen LogP contribution in [0.25, 0.3) is 0 Å². The van der Waals surface area contributed by atoms with Crippen molar-refractivity contribution < 1.29 is 14.3 Å². The molecule has 1 saturated heterocycles. The van der Waals surface area contributed by atoms with Crippen LogP contribution >= 0.6 is 15.9 Å². The van der Waals surface area contributed by atoms with Crippen molar-refractivity contribution in [3.63, 3.8) is 0 Å². The minimum absolute atomic E-state index is 0.00521. The van der Waals surface area contributed by atoms with Gasteiger partial charge in [-0.2, -0.15) is 0 Å². The van der Waals surface area contributed by atoms with E-state index in [1.807, 2.05) is 11.8 Å². The van der Waals surface area contributed by atoms with E-state index in [1.165, 1.54) is 0 Å². The van der Waals surface area contributed by atoms with Gasteiger partial charge in [-0.25, -0.2) is 0 Å². The summed E-state index contributed by atoms with van der Waals surface area (Å²) in [7, 11) is 0. The lowest BCUT2D eigenvalue weighted by Gasteiger charge is -2.32. The van der Waals surface area contributed by atoms with Crippen LogP contribution in [-0.4, -0.2) is 48.2 Å². The molecule has 1 aromatic heterocycles. The van der Waals surface area contributed by atoms with Crippen molar-refractivity contribution in [2.24, 2.45) is 0 Å². The molecule has 0 aliphatic carbocycles. The lowest BCUT2D eigenvalue weighted by molar-refractivity contribution is -0.137. The number of amides is 1. The topological polar surface area (TPSA) is 51.7 Å². The maximum absolute atomic E-state index is 12.1. The summed E-state index contributed by atoms with van der Waals surface area (Å²) in [5, 5.41) is 0. The third kappa shape index (κ3) is 4.45. The van der Waals surface area contributed by atoms with Crippen molar-refractivity contribution in [2.45, 2.75) is 25.9 Å². The minimum Gasteiger partial charge on any atom is -0.482 e. The molecule has 1 amide bonds. The van der Waals surface area contributed by atoms with Gasteiger partial charge in [0.15, 0.2) is 6.61 Å². The van der Waals surface area contributed by atoms with Gasteiger partial charge in [0.25, 0.3) is 5.91 Å². The SMILES string of the molecule is CCO[C@H]1CCCN(C(=O)COc2cncc(Br)c2)C1. The Morgan fingerprint density at radius 2 is 2.40 bits per heavy atom. The van der Waals surface area contributed by atoms with Gasteiger partial charge in [-0.3, -0.25) is 9.78 Å². The van der Waals surface area contributed by atoms with E-state index in [0.29, 0.717) is 18.9 Å². The Labute approximate surface area is 127 Å². The molecule has 5 nitrogen and oxygen atoms in total. The molecular formula is C14H19BrN2O3. The smallest absolute Gasteiger partial charge is 0.260 e. The van der Waals surface area contributed by atoms with Crippen molar-refractivity contribution in [3.05, 3.63) is 22.9 Å². The van der Waals surface area contributed by atoms with Crippen LogP contribution < -0.4 is 4.74 Å². The molecular weight excluding hydrogens is 324 g/mol. The first kappa shape index (κ1) is 15.3. The van der Waals surface area contributed by atoms with Gasteiger partial charge in [-0.1, -0.05) is 0 Å². The molecule has 110 valence electrons. The van der Waals surface area contributed by atoms with Gasteiger partial charge in [-0.15, -0.1) is 0 Å². The van der Waals surface area contributed by atoms with Crippen LogP contribution in [0.3, 0.4) is 0 Å². The van der Waals surface area contributed by atoms with Crippen LogP contribution in [0.4, 0.5) is 0 Å². The van der Waals surface area contributed by atoms with E-state index in [4.69, 9.17) is 9.47 Å². The summed E-state index contributed by atoms with van der Waals surface area (Å²) in [5.41, 5.74) is 0. The quantitative estimate of drug-likeness (QED) is 0.823. The lowest BCUT2D eigenvalue weighted by atomic mass is 10.1. The molecule has 0 bridgehead atoms. The summed E-state index contributed by atoms with van der Waals surface area (Å²) in [4.78, 5) is 17.9. The highest BCUT2D eigenvalue weighted by Crippen LogP contribution is 2.17. The Balaban J connectivity index is 1.82. The van der Waals surface area contributed by atoms with Crippen LogP contribution in [0.5, 0.6) is 5.75 Å². The summed E-state index contributed by atoms with van der Waals surface area (Å²) in [6, 6.07) is 1.79. The van der Waals surface area contributed by atoms with Crippen LogP contribution in [0, 0.1) is 0 Å². The summed E-state index contributed by atoms with van der Waals surface area (Å²) < 4.78 is 11.9. The van der Waals surface area contributed by atoms with Crippen molar-refractivity contribution in [1.82, 2.24) is 9.88 Å². The van der Waals surface area contributed by atoms with E-state index in [9.17, 15) is 4.79 Å². The molecule has 20 heavy (non-hydrogen) atoms. The van der Waals surface area contributed by atoms with Crippen molar-refractivity contribution in [1.29, 1.82) is 0 Å². The van der Waals surface area contributed by atoms with Gasteiger partial charge in [0.1, 0.15) is 5.75 Å². The minimum atomic E-state index is -0.00521. The highest BCUT2D eigenvalue weighted by atomic mass is 79.9. The third-order valence-corrected chi connectivity index (χ3v) is 3.61. The number of nitrogens with zero attached hydrogens (tertiary/aromatic N) is 2. The van der Waals surface area contributed by atoms with E-state index >= 15 is 0 Å². The van der Waals surface area contributed by atoms with Crippen LogP contribution in [0.15, 0.2) is 22.9 Å². The van der Waals surface area contributed by atoms with Gasteiger partial charge in [0, 0.05) is 30.4 Å². The first-order chi connectivity index (χ1) is 9.69. The molecule has 1 fully saturated rings. The van der Waals surface area contributed by atoms with Crippen LogP contribution in [0.2, 0.25) is 0 Å². The average molecular weight is 343 g/mol. The molecule has 0 spiro atoms. The predicted molar refractivity (Wildman–Crippen MR) is 78.7 cm³/mol. The summed E-state index contributed by atoms with van der Waals surface area (Å²) in [6.07, 6.45) is 5.43. The van der Waals surface area contributed by atoms with Crippen LogP contribution in [0.1, 0.15) is 19.8 Å². The van der Waals surface area contributed by atoms with Gasteiger partial charge in [0.2, 0.25) is 0 Å². The monoisotopic (exact) mass is 342 g/mol. The Morgan fingerprint density at radius 3 is 3.15 bits per heavy atom. The predicted octanol–water partition coefficient (Wildman–Crippen LogP) is 2.25. The fraction of sp³-hybridized carbons (Fsp3) is 0.571. The molecule has 0 unspecified atom stereocenters. The first-order valence-corrected chi connectivity index (χ1v) is 7.61. The van der Waals surface area contributed by atoms with Crippen molar-refractivity contribution in [3.8, 4) is 5.75 Å². The Kier molecular flexibility index (Phi) is 5.79. The third-order valence-electron chi connectivity index (χ3n) is 3.18. The van der Waals surface area contributed by atoms with Crippen molar-refractivity contribution >= 4 is 21.8 Å². The molecule has 1 atom stereocenters. The van der Waals surface area contributed by atoms with E-state index in [2.05, 4.69) is 20.9 Å². The van der Waals surface area contributed by atoms with Gasteiger partial charge >= 0.3 is 0 Å². The number of carbonyl (C=O) groups is 1. The highest BCUT2D eigenvalue weighted by Gasteiger charge is 2.24. The maximum Gasteiger partial charge on any atom is 0.260 e. The fourth-order valence-corrected chi connectivity index (χ4v) is 2.59. The molecule has 0 radical (unpaired) electrons. The van der Waals surface area contributed by atoms with Crippen LogP contribution in [-0.2, 0) is 9.53 Å². The molecule has 0 N–H and O–H groups in total. The van der Waals surface area contributed by atoms with Crippen molar-refractivity contribution in [2.75, 3.05) is 26.3 Å². The Morgan fingerprint density at radius 1 is 1.55 bits per heavy atom. The number of hydrogen-bond donors (Lipinski definition) is 0. The average Bonchev–Trinajstić information content (AvgIpc) is 2.45. The number of pyridine rings is 1. The van der Waals surface area contributed by atoms with Gasteiger partial charge in [0.05, 0.1) is 12.3 Å². The van der Waals surface area contributed by atoms with E-state index in [0.717, 1.165) is 23.9 Å². The van der Waals surface area contributed by atoms with E-state index in [-0.39, 0.29) is 18.6 Å². The second-order valence-electron chi connectivity index (χ2n) is 4.69. The molecule has 1 aliphatic heterocycles. The first-order valence-electron chi connectivity index (χ1n) is 6.81. The van der Waals surface area contributed by atoms with E-state index < -0.39 is 0 Å². The molecule has 2 heterocycles. The number of piperidine rings is 1. The molecule has 0 saturated carbocycles. The summed E-state index contributed by atoms with van der Waals surface area (Å²) >= 11 is 3.32. The fourth-order valence-electron chi connectivity index (χ4n) is 2.24. The molecule has 2 rings (SSSR count). The van der Waals surface area contributed by atoms with E-state index in [1.54, 1.807) is 18.5 Å². The van der Waals surface area contributed by atoms with Gasteiger partial charge < -0.3 is 14.4 Å². The largest absolute Gasteiger partial charge is 0.482 e. The number of carbonyl (C=O) groups excluding carboxylic acids is 1. The zero-order chi connectivity index (χ0) is 14.4. The van der Waals surface area contributed by atoms with Gasteiger partial charge in [-0.05, 0) is 41.8 Å². The number of aromatic nitrogens is 1. The number of halogens is 1. The number of rotatable bonds is 5. The second kappa shape index (κ2) is 7.59. The number of likely N-dealkylation sites (tertiary alicyclic amines) is 1. The Bertz CT molecular complexity index is 454. The summed E-state index contributed by atoms with van der Waals surface area (Å²) in [5.74, 6) is 0.584. The zero-order valence-corrected chi connectivity index (χ0v) is 13.1. The normalized spacial score (nSPS) is 18.9. The second-order valence-corrected chi connectivity index (χ2v) is 5.60. The number of ether oxygens (including phenoxy) is 2.